The van der Waals surface area contributed by atoms with Crippen LogP contribution < -0.4 is 4.74 Å². The van der Waals surface area contributed by atoms with Crippen LogP contribution in [0, 0.1) is 17.1 Å². The van der Waals surface area contributed by atoms with E-state index in [1.807, 2.05) is 54.6 Å². The molecule has 0 bridgehead atoms. The summed E-state index contributed by atoms with van der Waals surface area (Å²) in [7, 11) is 0. The van der Waals surface area contributed by atoms with Crippen LogP contribution in [0.1, 0.15) is 16.7 Å². The van der Waals surface area contributed by atoms with Crippen LogP contribution in [0.25, 0.3) is 11.6 Å². The third kappa shape index (κ3) is 4.33. The van der Waals surface area contributed by atoms with Crippen molar-refractivity contribution in [3.63, 3.8) is 0 Å². The number of hydrogen-bond donors (Lipinski definition) is 0. The van der Waals surface area contributed by atoms with E-state index in [4.69, 9.17) is 4.74 Å². The van der Waals surface area contributed by atoms with Gasteiger partial charge in [0, 0.05) is 5.56 Å². The highest BCUT2D eigenvalue weighted by atomic mass is 19.1. The number of benzene rings is 3. The van der Waals surface area contributed by atoms with E-state index in [0.29, 0.717) is 23.5 Å². The van der Waals surface area contributed by atoms with Crippen LogP contribution in [-0.2, 0) is 6.61 Å². The van der Waals surface area contributed by atoms with Crippen molar-refractivity contribution in [2.75, 3.05) is 0 Å². The Morgan fingerprint density at radius 1 is 0.960 bits per heavy atom. The smallest absolute Gasteiger partial charge is 0.127 e. The largest absolute Gasteiger partial charge is 0.488 e. The van der Waals surface area contributed by atoms with Crippen molar-refractivity contribution in [1.29, 1.82) is 5.26 Å². The number of para-hydroxylation sites is 1. The molecule has 0 aliphatic carbocycles. The van der Waals surface area contributed by atoms with E-state index >= 15 is 0 Å². The number of halogens is 1. The van der Waals surface area contributed by atoms with Crippen molar-refractivity contribution in [3.05, 3.63) is 101 Å². The van der Waals surface area contributed by atoms with Crippen molar-refractivity contribution in [3.8, 4) is 11.8 Å². The predicted molar refractivity (Wildman–Crippen MR) is 97.1 cm³/mol. The van der Waals surface area contributed by atoms with Gasteiger partial charge in [-0.05, 0) is 35.4 Å². The summed E-state index contributed by atoms with van der Waals surface area (Å²) in [6, 6.07) is 25.5. The van der Waals surface area contributed by atoms with Crippen LogP contribution >= 0.6 is 0 Å². The molecule has 0 spiro atoms. The summed E-state index contributed by atoms with van der Waals surface area (Å²) in [5.41, 5.74) is 2.77. The lowest BCUT2D eigenvalue weighted by atomic mass is 10.0. The molecule has 3 rings (SSSR count). The molecule has 0 radical (unpaired) electrons. The number of hydrogen-bond acceptors (Lipinski definition) is 2. The second-order valence-electron chi connectivity index (χ2n) is 5.49. The van der Waals surface area contributed by atoms with Crippen molar-refractivity contribution >= 4 is 11.6 Å². The number of allylic oxidation sites excluding steroid dienone is 1. The quantitative estimate of drug-likeness (QED) is 0.459. The molecule has 0 atom stereocenters. The lowest BCUT2D eigenvalue weighted by Crippen LogP contribution is -1.96. The van der Waals surface area contributed by atoms with Gasteiger partial charge in [0.25, 0.3) is 0 Å². The van der Waals surface area contributed by atoms with Crippen LogP contribution in [0.5, 0.6) is 5.75 Å². The first-order chi connectivity index (χ1) is 12.3. The zero-order valence-corrected chi connectivity index (χ0v) is 13.5. The van der Waals surface area contributed by atoms with E-state index in [-0.39, 0.29) is 5.82 Å². The van der Waals surface area contributed by atoms with Gasteiger partial charge in [0.1, 0.15) is 18.2 Å². The molecule has 0 aliphatic heterocycles. The van der Waals surface area contributed by atoms with Crippen molar-refractivity contribution in [1.82, 2.24) is 0 Å². The molecule has 0 saturated heterocycles. The average Bonchev–Trinajstić information content (AvgIpc) is 2.66. The van der Waals surface area contributed by atoms with Crippen molar-refractivity contribution in [2.24, 2.45) is 0 Å². The topological polar surface area (TPSA) is 33.0 Å². The van der Waals surface area contributed by atoms with Gasteiger partial charge in [0.2, 0.25) is 0 Å². The normalized spacial score (nSPS) is 11.0. The van der Waals surface area contributed by atoms with Gasteiger partial charge in [0.05, 0.1) is 11.6 Å². The number of nitrogens with zero attached hydrogens (tertiary/aromatic N) is 1. The van der Waals surface area contributed by atoms with Gasteiger partial charge in [-0.25, -0.2) is 4.39 Å². The maximum atomic E-state index is 13.4. The molecular formula is C22H16FNO. The van der Waals surface area contributed by atoms with Crippen LogP contribution in [0.15, 0.2) is 78.9 Å². The third-order valence-corrected chi connectivity index (χ3v) is 3.71. The average molecular weight is 329 g/mol. The Balaban J connectivity index is 1.88. The van der Waals surface area contributed by atoms with Gasteiger partial charge in [0.15, 0.2) is 0 Å². The highest BCUT2D eigenvalue weighted by molar-refractivity contribution is 5.90. The Labute approximate surface area is 146 Å². The zero-order valence-electron chi connectivity index (χ0n) is 13.5. The summed E-state index contributed by atoms with van der Waals surface area (Å²) in [5.74, 6) is 0.308. The Hall–Kier alpha value is -3.38. The first-order valence-electron chi connectivity index (χ1n) is 7.90. The maximum Gasteiger partial charge on any atom is 0.127 e. The molecule has 0 saturated carbocycles. The molecule has 0 amide bonds. The van der Waals surface area contributed by atoms with Crippen LogP contribution in [0.2, 0.25) is 0 Å². The number of ether oxygens (including phenoxy) is 1. The van der Waals surface area contributed by atoms with Crippen molar-refractivity contribution < 1.29 is 9.13 Å². The minimum absolute atomic E-state index is 0.368. The molecule has 3 aromatic carbocycles. The summed E-state index contributed by atoms with van der Waals surface area (Å²) < 4.78 is 19.3. The van der Waals surface area contributed by atoms with E-state index in [0.717, 1.165) is 11.1 Å². The molecule has 3 heteroatoms. The molecule has 3 aromatic rings. The second kappa shape index (κ2) is 7.94. The first-order valence-corrected chi connectivity index (χ1v) is 7.90. The van der Waals surface area contributed by atoms with Gasteiger partial charge in [-0.1, -0.05) is 60.7 Å². The summed E-state index contributed by atoms with van der Waals surface area (Å²) in [5, 5.41) is 9.45. The Morgan fingerprint density at radius 3 is 2.48 bits per heavy atom. The molecule has 0 N–H and O–H groups in total. The monoisotopic (exact) mass is 329 g/mol. The molecule has 2 nitrogen and oxygen atoms in total. The van der Waals surface area contributed by atoms with Crippen molar-refractivity contribution in [2.45, 2.75) is 6.61 Å². The van der Waals surface area contributed by atoms with Gasteiger partial charge in [-0.3, -0.25) is 0 Å². The Morgan fingerprint density at radius 2 is 1.72 bits per heavy atom. The Kier molecular flexibility index (Phi) is 5.23. The highest BCUT2D eigenvalue weighted by Crippen LogP contribution is 2.25. The summed E-state index contributed by atoms with van der Waals surface area (Å²) in [6.45, 7) is 0.438. The molecule has 0 unspecified atom stereocenters. The van der Waals surface area contributed by atoms with E-state index in [2.05, 4.69) is 6.07 Å². The second-order valence-corrected chi connectivity index (χ2v) is 5.49. The molecule has 0 aliphatic rings. The Bertz CT molecular complexity index is 926. The van der Waals surface area contributed by atoms with E-state index in [1.165, 1.54) is 12.1 Å². The van der Waals surface area contributed by atoms with Gasteiger partial charge >= 0.3 is 0 Å². The minimum Gasteiger partial charge on any atom is -0.488 e. The predicted octanol–water partition coefficient (Wildman–Crippen LogP) is 5.47. The fourth-order valence-corrected chi connectivity index (χ4v) is 2.46. The SMILES string of the molecule is N#C/C(=C\c1ccccc1OCc1ccccc1)c1cccc(F)c1. The van der Waals surface area contributed by atoms with E-state index in [9.17, 15) is 9.65 Å². The summed E-state index contributed by atoms with van der Waals surface area (Å²) >= 11 is 0. The van der Waals surface area contributed by atoms with E-state index in [1.54, 1.807) is 18.2 Å². The highest BCUT2D eigenvalue weighted by Gasteiger charge is 2.06. The lowest BCUT2D eigenvalue weighted by Gasteiger charge is -2.10. The third-order valence-electron chi connectivity index (χ3n) is 3.71. The molecule has 0 fully saturated rings. The maximum absolute atomic E-state index is 13.4. The number of nitriles is 1. The minimum atomic E-state index is -0.368. The summed E-state index contributed by atoms with van der Waals surface area (Å²) in [4.78, 5) is 0. The fourth-order valence-electron chi connectivity index (χ4n) is 2.46. The van der Waals surface area contributed by atoms with Crippen LogP contribution in [0.3, 0.4) is 0 Å². The zero-order chi connectivity index (χ0) is 17.5. The van der Waals surface area contributed by atoms with E-state index < -0.39 is 0 Å². The molecule has 25 heavy (non-hydrogen) atoms. The molecule has 0 aromatic heterocycles. The van der Waals surface area contributed by atoms with Gasteiger partial charge in [-0.15, -0.1) is 0 Å². The van der Waals surface area contributed by atoms with Crippen LogP contribution in [0.4, 0.5) is 4.39 Å². The van der Waals surface area contributed by atoms with Crippen LogP contribution in [-0.4, -0.2) is 0 Å². The summed E-state index contributed by atoms with van der Waals surface area (Å²) in [6.07, 6.45) is 1.72. The molecular weight excluding hydrogens is 313 g/mol. The first kappa shape index (κ1) is 16.5. The molecule has 0 heterocycles. The number of rotatable bonds is 5. The molecule has 122 valence electrons. The van der Waals surface area contributed by atoms with Gasteiger partial charge < -0.3 is 4.74 Å². The fraction of sp³-hybridized carbons (Fsp3) is 0.0455. The van der Waals surface area contributed by atoms with Gasteiger partial charge in [-0.2, -0.15) is 5.26 Å². The lowest BCUT2D eigenvalue weighted by molar-refractivity contribution is 0.305. The standard InChI is InChI=1S/C22H16FNO/c23-21-11-6-10-18(14-21)20(15-24)13-19-9-4-5-12-22(19)25-16-17-7-2-1-3-8-17/h1-14H,16H2/b20-13+.